The minimum Gasteiger partial charge on any atom is -0.445 e. The predicted octanol–water partition coefficient (Wildman–Crippen LogP) is 5.00. The number of benzene rings is 1. The number of hydrogen-bond acceptors (Lipinski definition) is 4. The Morgan fingerprint density at radius 3 is 2.55 bits per heavy atom. The monoisotopic (exact) mass is 461 g/mol. The maximum atomic E-state index is 12.6. The molecule has 0 saturated carbocycles. The average Bonchev–Trinajstić information content (AvgIpc) is 3.29. The minimum atomic E-state index is -4.69. The first-order chi connectivity index (χ1) is 15.8. The van der Waals surface area contributed by atoms with E-state index < -0.39 is 18.5 Å². The number of allylic oxidation sites excluding steroid dienone is 2. The van der Waals surface area contributed by atoms with Crippen LogP contribution in [0.1, 0.15) is 31.0 Å². The molecule has 1 fully saturated rings. The average molecular weight is 461 g/mol. The fourth-order valence-corrected chi connectivity index (χ4v) is 4.43. The van der Waals surface area contributed by atoms with Crippen molar-refractivity contribution in [3.63, 3.8) is 0 Å². The summed E-state index contributed by atoms with van der Waals surface area (Å²) in [6, 6.07) is 13.4. The molecule has 2 aliphatic rings. The van der Waals surface area contributed by atoms with Crippen molar-refractivity contribution < 1.29 is 27.4 Å². The van der Waals surface area contributed by atoms with Crippen LogP contribution in [0.15, 0.2) is 66.5 Å². The Hall–Kier alpha value is -3.20. The van der Waals surface area contributed by atoms with Gasteiger partial charge in [0.1, 0.15) is 6.61 Å². The van der Waals surface area contributed by atoms with Crippen molar-refractivity contribution in [3.05, 3.63) is 77.8 Å². The lowest BCUT2D eigenvalue weighted by atomic mass is 9.82. The van der Waals surface area contributed by atoms with E-state index in [1.165, 1.54) is 6.08 Å². The van der Waals surface area contributed by atoms with E-state index in [2.05, 4.69) is 10.1 Å². The molecule has 2 aromatic rings. The lowest BCUT2D eigenvalue weighted by molar-refractivity contribution is -0.319. The van der Waals surface area contributed by atoms with Gasteiger partial charge in [-0.05, 0) is 43.5 Å². The second-order valence-electron chi connectivity index (χ2n) is 8.05. The molecule has 3 heterocycles. The topological polar surface area (TPSA) is 55.7 Å². The van der Waals surface area contributed by atoms with E-state index in [9.17, 15) is 18.0 Å². The second-order valence-corrected chi connectivity index (χ2v) is 8.05. The van der Waals surface area contributed by atoms with Gasteiger partial charge in [0.15, 0.2) is 0 Å². The van der Waals surface area contributed by atoms with Gasteiger partial charge in [-0.15, -0.1) is 13.2 Å². The molecule has 0 aliphatic carbocycles. The van der Waals surface area contributed by atoms with Gasteiger partial charge in [0.05, 0.1) is 23.5 Å². The van der Waals surface area contributed by atoms with Crippen LogP contribution in [0.25, 0.3) is 5.70 Å². The van der Waals surface area contributed by atoms with Gasteiger partial charge < -0.3 is 19.5 Å². The molecule has 1 amide bonds. The van der Waals surface area contributed by atoms with E-state index in [1.807, 2.05) is 66.2 Å². The quantitative estimate of drug-likeness (QED) is 0.696. The molecule has 1 aromatic heterocycles. The van der Waals surface area contributed by atoms with Gasteiger partial charge in [-0.2, -0.15) is 0 Å². The van der Waals surface area contributed by atoms with Crippen LogP contribution >= 0.6 is 0 Å². The fraction of sp³-hybridized carbons (Fsp3) is 0.375. The van der Waals surface area contributed by atoms with Gasteiger partial charge in [-0.3, -0.25) is 4.74 Å². The van der Waals surface area contributed by atoms with Crippen molar-refractivity contribution in [2.75, 3.05) is 19.7 Å². The van der Waals surface area contributed by atoms with Crippen LogP contribution < -0.4 is 5.32 Å². The van der Waals surface area contributed by atoms with Crippen molar-refractivity contribution in [2.24, 2.45) is 0 Å². The Labute approximate surface area is 190 Å². The normalized spacial score (nSPS) is 20.1. The molecule has 1 spiro atoms. The first kappa shape index (κ1) is 23.0. The number of likely N-dealkylation sites (tertiary alicyclic amines) is 1. The first-order valence-corrected chi connectivity index (χ1v) is 10.8. The van der Waals surface area contributed by atoms with E-state index in [0.29, 0.717) is 31.6 Å². The van der Waals surface area contributed by atoms with E-state index in [-0.39, 0.29) is 12.7 Å². The number of alkyl halides is 3. The molecule has 1 N–H and O–H groups in total. The highest BCUT2D eigenvalue weighted by Gasteiger charge is 2.43. The summed E-state index contributed by atoms with van der Waals surface area (Å²) in [5, 5.41) is 3.46. The number of nitrogens with zero attached hydrogens (tertiary/aromatic N) is 2. The van der Waals surface area contributed by atoms with Gasteiger partial charge in [0, 0.05) is 25.0 Å². The Bertz CT molecular complexity index is 1040. The molecule has 33 heavy (non-hydrogen) atoms. The summed E-state index contributed by atoms with van der Waals surface area (Å²) in [7, 11) is 0. The maximum Gasteiger partial charge on any atom is 0.522 e. The molecule has 0 atom stereocenters. The zero-order chi connectivity index (χ0) is 23.5. The molecule has 0 unspecified atom stereocenters. The largest absolute Gasteiger partial charge is 0.522 e. The van der Waals surface area contributed by atoms with Gasteiger partial charge in [-0.25, -0.2) is 4.79 Å². The Morgan fingerprint density at radius 2 is 1.88 bits per heavy atom. The smallest absolute Gasteiger partial charge is 0.445 e. The van der Waals surface area contributed by atoms with Crippen LogP contribution in [0.3, 0.4) is 0 Å². The summed E-state index contributed by atoms with van der Waals surface area (Å²) in [5.74, 6) is 0. The van der Waals surface area contributed by atoms with E-state index in [0.717, 1.165) is 17.0 Å². The summed E-state index contributed by atoms with van der Waals surface area (Å²) in [6.45, 7) is 2.38. The first-order valence-electron chi connectivity index (χ1n) is 10.8. The standard InChI is InChI=1S/C24H26F3N3O3/c1-2-20-19(10-16-33-24(25,26)27)28-23(21-9-6-13-30(20)21)11-14-29(15-12-23)22(31)32-17-18-7-4-3-5-8-18/h2-10,13,28H,11-12,14-17H2,1H3/b19-10+,20-2+. The van der Waals surface area contributed by atoms with Gasteiger partial charge in [-0.1, -0.05) is 36.4 Å². The number of halogens is 3. The minimum absolute atomic E-state index is 0.208. The molecule has 1 aromatic carbocycles. The summed E-state index contributed by atoms with van der Waals surface area (Å²) in [6.07, 6.45) is 1.27. The third-order valence-corrected chi connectivity index (χ3v) is 6.04. The number of carbonyl (C=O) groups excluding carboxylic acids is 1. The lowest BCUT2D eigenvalue weighted by Crippen LogP contribution is -2.55. The number of fused-ring (bicyclic) bond motifs is 2. The van der Waals surface area contributed by atoms with E-state index >= 15 is 0 Å². The molecule has 2 aliphatic heterocycles. The van der Waals surface area contributed by atoms with E-state index in [1.54, 1.807) is 4.90 Å². The summed E-state index contributed by atoms with van der Waals surface area (Å²) < 4.78 is 48.8. The van der Waals surface area contributed by atoms with Crippen molar-refractivity contribution in [2.45, 2.75) is 38.3 Å². The maximum absolute atomic E-state index is 12.6. The third-order valence-electron chi connectivity index (χ3n) is 6.04. The summed E-state index contributed by atoms with van der Waals surface area (Å²) >= 11 is 0. The van der Waals surface area contributed by atoms with Crippen molar-refractivity contribution >= 4 is 11.8 Å². The highest BCUT2D eigenvalue weighted by molar-refractivity contribution is 5.69. The third kappa shape index (κ3) is 5.08. The van der Waals surface area contributed by atoms with Crippen LogP contribution in [-0.4, -0.2) is 41.6 Å². The number of nitrogens with one attached hydrogen (secondary N) is 1. The number of aromatic nitrogens is 1. The van der Waals surface area contributed by atoms with Gasteiger partial charge in [0.25, 0.3) is 0 Å². The molecular formula is C24H26F3N3O3. The lowest BCUT2D eigenvalue weighted by Gasteiger charge is -2.47. The SMILES string of the molecule is C/C=C1\C(=C/COC(F)(F)F)NC2(CCN(C(=O)OCc3ccccc3)CC2)c2cccn21. The Morgan fingerprint density at radius 1 is 1.15 bits per heavy atom. The van der Waals surface area contributed by atoms with Crippen LogP contribution in [0.5, 0.6) is 0 Å². The molecule has 1 saturated heterocycles. The summed E-state index contributed by atoms with van der Waals surface area (Å²) in [5.41, 5.74) is 2.76. The number of rotatable bonds is 4. The number of ether oxygens (including phenoxy) is 2. The molecule has 0 radical (unpaired) electrons. The van der Waals surface area contributed by atoms with Gasteiger partial charge in [0.2, 0.25) is 0 Å². The van der Waals surface area contributed by atoms with Crippen LogP contribution in [0.2, 0.25) is 0 Å². The Kier molecular flexibility index (Phi) is 6.51. The number of hydrogen-bond donors (Lipinski definition) is 1. The summed E-state index contributed by atoms with van der Waals surface area (Å²) in [4.78, 5) is 14.2. The van der Waals surface area contributed by atoms with Crippen LogP contribution in [0, 0.1) is 0 Å². The molecular weight excluding hydrogens is 435 g/mol. The molecule has 9 heteroatoms. The number of amides is 1. The van der Waals surface area contributed by atoms with Crippen molar-refractivity contribution in [1.29, 1.82) is 0 Å². The zero-order valence-corrected chi connectivity index (χ0v) is 18.3. The zero-order valence-electron chi connectivity index (χ0n) is 18.3. The van der Waals surface area contributed by atoms with E-state index in [4.69, 9.17) is 4.74 Å². The van der Waals surface area contributed by atoms with Crippen LogP contribution in [0.4, 0.5) is 18.0 Å². The van der Waals surface area contributed by atoms with Crippen molar-refractivity contribution in [3.8, 4) is 0 Å². The molecule has 4 rings (SSSR count). The predicted molar refractivity (Wildman–Crippen MR) is 117 cm³/mol. The van der Waals surface area contributed by atoms with Crippen molar-refractivity contribution in [1.82, 2.24) is 14.8 Å². The molecule has 0 bridgehead atoms. The Balaban J connectivity index is 1.46. The van der Waals surface area contributed by atoms with Crippen LogP contribution in [-0.2, 0) is 21.6 Å². The number of piperidine rings is 1. The molecule has 6 nitrogen and oxygen atoms in total. The number of carbonyl (C=O) groups is 1. The second kappa shape index (κ2) is 9.35. The fourth-order valence-electron chi connectivity index (χ4n) is 4.43. The van der Waals surface area contributed by atoms with Gasteiger partial charge >= 0.3 is 12.5 Å². The highest BCUT2D eigenvalue weighted by atomic mass is 19.4. The highest BCUT2D eigenvalue weighted by Crippen LogP contribution is 2.41. The molecule has 176 valence electrons.